The summed E-state index contributed by atoms with van der Waals surface area (Å²) < 4.78 is 10.2. The fourth-order valence-electron chi connectivity index (χ4n) is 1.00. The highest BCUT2D eigenvalue weighted by molar-refractivity contribution is 4.57. The van der Waals surface area contributed by atoms with Gasteiger partial charge in [0.15, 0.2) is 0 Å². The molecule has 0 fully saturated rings. The molecular formula is C10H24N2O2. The van der Waals surface area contributed by atoms with Crippen LogP contribution in [0.25, 0.3) is 0 Å². The topological polar surface area (TPSA) is 47.7 Å². The smallest absolute Gasteiger partial charge is 0.0700 e. The minimum absolute atomic E-state index is 0.284. The zero-order chi connectivity index (χ0) is 10.8. The molecule has 0 aliphatic rings. The van der Waals surface area contributed by atoms with Crippen LogP contribution in [-0.4, -0.2) is 58.0 Å². The molecule has 14 heavy (non-hydrogen) atoms. The van der Waals surface area contributed by atoms with Crippen molar-refractivity contribution in [1.29, 1.82) is 0 Å². The summed E-state index contributed by atoms with van der Waals surface area (Å²) in [5.41, 5.74) is 5.66. The minimum atomic E-state index is 0.284. The molecule has 0 amide bonds. The summed E-state index contributed by atoms with van der Waals surface area (Å²) in [4.78, 5) is 2.23. The molecule has 0 aromatic rings. The van der Waals surface area contributed by atoms with Crippen LogP contribution in [0.1, 0.15) is 13.3 Å². The van der Waals surface area contributed by atoms with Crippen LogP contribution in [0, 0.1) is 0 Å². The summed E-state index contributed by atoms with van der Waals surface area (Å²) in [6.07, 6.45) is 1.04. The lowest BCUT2D eigenvalue weighted by Crippen LogP contribution is -2.29. The van der Waals surface area contributed by atoms with E-state index in [0.717, 1.165) is 26.1 Å². The van der Waals surface area contributed by atoms with E-state index in [1.54, 1.807) is 7.11 Å². The second-order valence-corrected chi connectivity index (χ2v) is 3.67. The van der Waals surface area contributed by atoms with Gasteiger partial charge in [-0.05, 0) is 26.9 Å². The van der Waals surface area contributed by atoms with E-state index in [0.29, 0.717) is 13.2 Å². The van der Waals surface area contributed by atoms with Gasteiger partial charge in [-0.1, -0.05) is 0 Å². The third-order valence-corrected chi connectivity index (χ3v) is 2.02. The molecule has 0 saturated carbocycles. The van der Waals surface area contributed by atoms with Crippen molar-refractivity contribution in [2.24, 2.45) is 5.73 Å². The van der Waals surface area contributed by atoms with E-state index in [4.69, 9.17) is 15.2 Å². The van der Waals surface area contributed by atoms with Gasteiger partial charge in [-0.15, -0.1) is 0 Å². The van der Waals surface area contributed by atoms with Crippen molar-refractivity contribution in [2.45, 2.75) is 19.4 Å². The van der Waals surface area contributed by atoms with Gasteiger partial charge in [0.2, 0.25) is 0 Å². The Morgan fingerprint density at radius 1 is 1.21 bits per heavy atom. The molecule has 0 aromatic carbocycles. The molecule has 0 aliphatic carbocycles. The summed E-state index contributed by atoms with van der Waals surface area (Å²) in [5, 5.41) is 0. The lowest BCUT2D eigenvalue weighted by Gasteiger charge is -2.17. The normalized spacial score (nSPS) is 13.5. The highest BCUT2D eigenvalue weighted by Gasteiger charge is 2.00. The Morgan fingerprint density at radius 3 is 2.50 bits per heavy atom. The van der Waals surface area contributed by atoms with E-state index in [1.165, 1.54) is 0 Å². The predicted octanol–water partition coefficient (Wildman–Crippen LogP) is 0.319. The monoisotopic (exact) mass is 204 g/mol. The third kappa shape index (κ3) is 9.92. The van der Waals surface area contributed by atoms with Crippen LogP contribution in [0.15, 0.2) is 0 Å². The van der Waals surface area contributed by atoms with Crippen LogP contribution in [0.2, 0.25) is 0 Å². The number of hydrogen-bond acceptors (Lipinski definition) is 4. The van der Waals surface area contributed by atoms with Crippen molar-refractivity contribution < 1.29 is 9.47 Å². The first-order chi connectivity index (χ1) is 6.66. The standard InChI is InChI=1S/C10H24N2O2/c1-10(11)4-5-12(2)6-7-14-9-8-13-3/h10H,4-9,11H2,1-3H3. The highest BCUT2D eigenvalue weighted by atomic mass is 16.5. The first-order valence-corrected chi connectivity index (χ1v) is 5.17. The number of ether oxygens (including phenoxy) is 2. The molecule has 0 saturated heterocycles. The molecule has 0 aliphatic heterocycles. The van der Waals surface area contributed by atoms with Crippen molar-refractivity contribution in [3.63, 3.8) is 0 Å². The van der Waals surface area contributed by atoms with Crippen LogP contribution in [0.4, 0.5) is 0 Å². The van der Waals surface area contributed by atoms with Crippen LogP contribution in [-0.2, 0) is 9.47 Å². The maximum absolute atomic E-state index is 5.66. The molecule has 4 nitrogen and oxygen atoms in total. The second-order valence-electron chi connectivity index (χ2n) is 3.67. The van der Waals surface area contributed by atoms with Crippen molar-refractivity contribution >= 4 is 0 Å². The lowest BCUT2D eigenvalue weighted by atomic mass is 10.2. The van der Waals surface area contributed by atoms with Crippen molar-refractivity contribution in [3.05, 3.63) is 0 Å². The second kappa shape index (κ2) is 9.40. The predicted molar refractivity (Wildman–Crippen MR) is 58.5 cm³/mol. The van der Waals surface area contributed by atoms with Gasteiger partial charge in [0.05, 0.1) is 19.8 Å². The lowest BCUT2D eigenvalue weighted by molar-refractivity contribution is 0.0603. The van der Waals surface area contributed by atoms with Gasteiger partial charge in [0, 0.05) is 19.7 Å². The Hall–Kier alpha value is -0.160. The van der Waals surface area contributed by atoms with E-state index < -0.39 is 0 Å². The number of nitrogens with two attached hydrogens (primary N) is 1. The van der Waals surface area contributed by atoms with E-state index in [1.807, 2.05) is 6.92 Å². The first-order valence-electron chi connectivity index (χ1n) is 5.17. The summed E-state index contributed by atoms with van der Waals surface area (Å²) in [6, 6.07) is 0.284. The molecule has 0 aromatic heterocycles. The molecule has 0 bridgehead atoms. The quantitative estimate of drug-likeness (QED) is 0.549. The first kappa shape index (κ1) is 13.8. The Bertz CT molecular complexity index is 121. The Kier molecular flexibility index (Phi) is 9.29. The van der Waals surface area contributed by atoms with Gasteiger partial charge in [-0.2, -0.15) is 0 Å². The number of likely N-dealkylation sites (N-methyl/N-ethyl adjacent to an activating group) is 1. The summed E-state index contributed by atoms with van der Waals surface area (Å²) >= 11 is 0. The van der Waals surface area contributed by atoms with E-state index in [9.17, 15) is 0 Å². The number of hydrogen-bond donors (Lipinski definition) is 1. The zero-order valence-corrected chi connectivity index (χ0v) is 9.66. The fourth-order valence-corrected chi connectivity index (χ4v) is 1.00. The molecule has 1 unspecified atom stereocenters. The van der Waals surface area contributed by atoms with Crippen molar-refractivity contribution in [2.75, 3.05) is 47.1 Å². The molecule has 0 heterocycles. The zero-order valence-electron chi connectivity index (χ0n) is 9.66. The SMILES string of the molecule is COCCOCCN(C)CCC(C)N. The molecule has 0 radical (unpaired) electrons. The van der Waals surface area contributed by atoms with Crippen molar-refractivity contribution in [3.8, 4) is 0 Å². The Morgan fingerprint density at radius 2 is 1.93 bits per heavy atom. The molecule has 0 rings (SSSR count). The van der Waals surface area contributed by atoms with Gasteiger partial charge >= 0.3 is 0 Å². The largest absolute Gasteiger partial charge is 0.382 e. The molecule has 4 heteroatoms. The summed E-state index contributed by atoms with van der Waals surface area (Å²) in [6.45, 7) is 6.13. The van der Waals surface area contributed by atoms with E-state index in [2.05, 4.69) is 11.9 Å². The van der Waals surface area contributed by atoms with E-state index in [-0.39, 0.29) is 6.04 Å². The molecule has 2 N–H and O–H groups in total. The number of methoxy groups -OCH3 is 1. The van der Waals surface area contributed by atoms with Gasteiger partial charge in [-0.3, -0.25) is 0 Å². The van der Waals surface area contributed by atoms with Gasteiger partial charge in [0.25, 0.3) is 0 Å². The van der Waals surface area contributed by atoms with Gasteiger partial charge < -0.3 is 20.1 Å². The molecule has 0 spiro atoms. The average molecular weight is 204 g/mol. The summed E-state index contributed by atoms with van der Waals surface area (Å²) in [5.74, 6) is 0. The average Bonchev–Trinajstić information content (AvgIpc) is 2.14. The Labute approximate surface area is 87.4 Å². The maximum Gasteiger partial charge on any atom is 0.0700 e. The molecule has 86 valence electrons. The van der Waals surface area contributed by atoms with Gasteiger partial charge in [0.1, 0.15) is 0 Å². The minimum Gasteiger partial charge on any atom is -0.382 e. The fraction of sp³-hybridized carbons (Fsp3) is 1.00. The van der Waals surface area contributed by atoms with Crippen LogP contribution in [0.3, 0.4) is 0 Å². The number of nitrogens with zero attached hydrogens (tertiary/aromatic N) is 1. The van der Waals surface area contributed by atoms with Crippen LogP contribution < -0.4 is 5.73 Å². The van der Waals surface area contributed by atoms with Crippen LogP contribution in [0.5, 0.6) is 0 Å². The highest BCUT2D eigenvalue weighted by Crippen LogP contribution is 1.91. The third-order valence-electron chi connectivity index (χ3n) is 2.02. The number of rotatable bonds is 9. The Balaban J connectivity index is 3.14. The summed E-state index contributed by atoms with van der Waals surface area (Å²) in [7, 11) is 3.76. The maximum atomic E-state index is 5.66. The molecule has 1 atom stereocenters. The van der Waals surface area contributed by atoms with Crippen molar-refractivity contribution in [1.82, 2.24) is 4.90 Å². The van der Waals surface area contributed by atoms with Gasteiger partial charge in [-0.25, -0.2) is 0 Å². The van der Waals surface area contributed by atoms with Crippen LogP contribution >= 0.6 is 0 Å². The van der Waals surface area contributed by atoms with E-state index >= 15 is 0 Å². The molecular weight excluding hydrogens is 180 g/mol.